The first-order valence-corrected chi connectivity index (χ1v) is 40.0. The molecule has 308 valence electrons. The molecular formula is C34H79NO10Si7. The summed E-state index contributed by atoms with van der Waals surface area (Å²) < 4.78 is 48.1. The number of alkyl carbamates (subject to hydrolysis) is 1. The molecule has 11 nitrogen and oxygen atoms in total. The molecule has 0 radical (unpaired) electrons. The number of nitrogens with one attached hydrogen (secondary N) is 1. The van der Waals surface area contributed by atoms with Gasteiger partial charge in [-0.15, -0.1) is 0 Å². The van der Waals surface area contributed by atoms with Crippen LogP contribution in [0, 0.1) is 0 Å². The van der Waals surface area contributed by atoms with Crippen molar-refractivity contribution in [3.05, 3.63) is 25.0 Å². The molecule has 0 aromatic carbocycles. The van der Waals surface area contributed by atoms with E-state index in [0.717, 1.165) is 25.1 Å². The summed E-state index contributed by atoms with van der Waals surface area (Å²) in [5, 5.41) is 2.70. The monoisotopic (exact) mass is 857 g/mol. The van der Waals surface area contributed by atoms with Gasteiger partial charge in [0.1, 0.15) is 6.61 Å². The Morgan fingerprint density at radius 2 is 1.10 bits per heavy atom. The first-order valence-electron chi connectivity index (χ1n) is 18.8. The van der Waals surface area contributed by atoms with E-state index in [1.165, 1.54) is 18.9 Å². The first-order chi connectivity index (χ1) is 23.4. The van der Waals surface area contributed by atoms with Crippen LogP contribution in [0.2, 0.25) is 116 Å². The molecule has 0 fully saturated rings. The van der Waals surface area contributed by atoms with E-state index in [1.54, 1.807) is 6.92 Å². The van der Waals surface area contributed by atoms with Crippen molar-refractivity contribution in [1.29, 1.82) is 0 Å². The smallest absolute Gasteiger partial charge is 0.460 e. The SMILES string of the molecule is C=C(C)C(=O)OCCOCCC[Si](C)(C)O[Si](C)(C)O[Si](C)(C)CCCC.C=COC(=O)NCCC[Si](O[Si](C)(C)C)(O[Si](C)(C)C)O[Si](C)(C)C. The van der Waals surface area contributed by atoms with Crippen LogP contribution < -0.4 is 5.32 Å². The molecule has 0 saturated heterocycles. The number of carbonyl (C=O) groups is 2. The van der Waals surface area contributed by atoms with Crippen molar-refractivity contribution in [3.8, 4) is 0 Å². The minimum Gasteiger partial charge on any atom is -0.460 e. The van der Waals surface area contributed by atoms with Gasteiger partial charge in [-0.05, 0) is 130 Å². The van der Waals surface area contributed by atoms with Crippen LogP contribution in [0.1, 0.15) is 39.5 Å². The van der Waals surface area contributed by atoms with E-state index in [0.29, 0.717) is 31.4 Å². The van der Waals surface area contributed by atoms with Crippen LogP contribution in [0.15, 0.2) is 25.0 Å². The Bertz CT molecular complexity index is 1030. The molecule has 0 heterocycles. The highest BCUT2D eigenvalue weighted by atomic mass is 28.5. The van der Waals surface area contributed by atoms with E-state index in [9.17, 15) is 9.59 Å². The fourth-order valence-electron chi connectivity index (χ4n) is 5.30. The Labute approximate surface area is 326 Å². The molecule has 0 aromatic heterocycles. The molecule has 0 unspecified atom stereocenters. The Balaban J connectivity index is 0. The number of carbonyl (C=O) groups excluding carboxylic acids is 2. The summed E-state index contributed by atoms with van der Waals surface area (Å²) in [4.78, 5) is 22.6. The van der Waals surface area contributed by atoms with Crippen LogP contribution in [0.4, 0.5) is 4.79 Å². The summed E-state index contributed by atoms with van der Waals surface area (Å²) in [6.45, 7) is 45.6. The van der Waals surface area contributed by atoms with Crippen molar-refractivity contribution in [2.45, 2.75) is 156 Å². The first kappa shape index (κ1) is 53.6. The molecule has 0 aromatic rings. The van der Waals surface area contributed by atoms with Crippen molar-refractivity contribution in [2.24, 2.45) is 0 Å². The number of rotatable bonds is 26. The number of esters is 1. The van der Waals surface area contributed by atoms with Crippen LogP contribution in [-0.2, 0) is 39.6 Å². The van der Waals surface area contributed by atoms with Gasteiger partial charge in [0.15, 0.2) is 41.6 Å². The standard InChI is InChI=1S/C19H42O5Si3.C15H37NO5Si4/c1-10-11-16-25(4,5)23-27(8,9)24-26(6,7)17-12-13-21-14-15-22-19(20)18(2)3;1-11-18-15(17)16-13-12-14-25(19-22(2,3)4,20-23(5,6)7)21-24(8,9)10/h2,10-17H2,1,3-9H3;11H,1,12-14H2,2-10H3,(H,16,17). The van der Waals surface area contributed by atoms with E-state index in [4.69, 9.17) is 30.0 Å². The Hall–Kier alpha value is -0.502. The zero-order valence-electron chi connectivity index (χ0n) is 36.4. The molecular weight excluding hydrogens is 779 g/mol. The number of hydrogen-bond donors (Lipinski definition) is 1. The molecule has 0 bridgehead atoms. The summed E-state index contributed by atoms with van der Waals surface area (Å²) >= 11 is 0. The molecule has 1 N–H and O–H groups in total. The van der Waals surface area contributed by atoms with Crippen LogP contribution >= 0.6 is 0 Å². The van der Waals surface area contributed by atoms with Crippen molar-refractivity contribution in [3.63, 3.8) is 0 Å². The second-order valence-electron chi connectivity index (χ2n) is 17.8. The number of ether oxygens (including phenoxy) is 3. The van der Waals surface area contributed by atoms with E-state index in [1.807, 2.05) is 0 Å². The lowest BCUT2D eigenvalue weighted by atomic mass is 10.4. The summed E-state index contributed by atoms with van der Waals surface area (Å²) in [5.74, 6) is -0.363. The highest BCUT2D eigenvalue weighted by Gasteiger charge is 2.49. The van der Waals surface area contributed by atoms with Crippen LogP contribution in [0.5, 0.6) is 0 Å². The second kappa shape index (κ2) is 24.2. The van der Waals surface area contributed by atoms with Gasteiger partial charge < -0.3 is 40.1 Å². The van der Waals surface area contributed by atoms with Gasteiger partial charge in [-0.1, -0.05) is 32.9 Å². The van der Waals surface area contributed by atoms with E-state index in [-0.39, 0.29) is 12.6 Å². The maximum absolute atomic E-state index is 11.4. The van der Waals surface area contributed by atoms with Crippen molar-refractivity contribution < 1.29 is 44.4 Å². The van der Waals surface area contributed by atoms with Gasteiger partial charge in [0, 0.05) is 24.8 Å². The fraction of sp³-hybridized carbons (Fsp3) is 0.824. The molecule has 0 rings (SSSR count). The molecule has 0 saturated carbocycles. The van der Waals surface area contributed by atoms with Crippen molar-refractivity contribution >= 4 is 71.0 Å². The minimum absolute atomic E-state index is 0.272. The topological polar surface area (TPSA) is 120 Å². The number of amides is 1. The van der Waals surface area contributed by atoms with Gasteiger partial charge in [0.05, 0.1) is 12.9 Å². The average molecular weight is 859 g/mol. The molecule has 0 aliphatic rings. The maximum Gasteiger partial charge on any atom is 0.469 e. The molecule has 0 aliphatic heterocycles. The zero-order valence-corrected chi connectivity index (χ0v) is 43.4. The Morgan fingerprint density at radius 3 is 1.50 bits per heavy atom. The van der Waals surface area contributed by atoms with Gasteiger partial charge in [0.2, 0.25) is 0 Å². The third-order valence-electron chi connectivity index (χ3n) is 6.56. The average Bonchev–Trinajstić information content (AvgIpc) is 2.90. The van der Waals surface area contributed by atoms with Gasteiger partial charge in [-0.3, -0.25) is 0 Å². The van der Waals surface area contributed by atoms with E-state index in [2.05, 4.69) is 128 Å². The zero-order chi connectivity index (χ0) is 41.1. The highest BCUT2D eigenvalue weighted by molar-refractivity contribution is 6.90. The molecule has 52 heavy (non-hydrogen) atoms. The van der Waals surface area contributed by atoms with Crippen LogP contribution in [-0.4, -0.2) is 97.4 Å². The third-order valence-corrected chi connectivity index (χ3v) is 30.1. The Morgan fingerprint density at radius 1 is 0.635 bits per heavy atom. The van der Waals surface area contributed by atoms with Crippen molar-refractivity contribution in [2.75, 3.05) is 26.4 Å². The predicted molar refractivity (Wildman–Crippen MR) is 233 cm³/mol. The van der Waals surface area contributed by atoms with Gasteiger partial charge >= 0.3 is 29.4 Å². The van der Waals surface area contributed by atoms with Gasteiger partial charge in [-0.2, -0.15) is 0 Å². The summed E-state index contributed by atoms with van der Waals surface area (Å²) in [6.07, 6.45) is 4.75. The molecule has 1 amide bonds. The molecule has 0 atom stereocenters. The summed E-state index contributed by atoms with van der Waals surface area (Å²) in [7, 11) is -13.9. The number of hydrogen-bond acceptors (Lipinski definition) is 10. The normalized spacial score (nSPS) is 13.2. The minimum atomic E-state index is -2.82. The number of unbranched alkanes of at least 4 members (excludes halogenated alkanes) is 1. The quantitative estimate of drug-likeness (QED) is 0.0296. The fourth-order valence-corrected chi connectivity index (χ4v) is 34.2. The lowest BCUT2D eigenvalue weighted by molar-refractivity contribution is -0.140. The molecule has 0 aliphatic carbocycles. The maximum atomic E-state index is 11.4. The van der Waals surface area contributed by atoms with Crippen LogP contribution in [0.25, 0.3) is 0 Å². The van der Waals surface area contributed by atoms with Gasteiger partial charge in [-0.25, -0.2) is 9.59 Å². The van der Waals surface area contributed by atoms with Gasteiger partial charge in [0.25, 0.3) is 0 Å². The van der Waals surface area contributed by atoms with E-state index < -0.39 is 65.0 Å². The van der Waals surface area contributed by atoms with Crippen molar-refractivity contribution in [1.82, 2.24) is 5.32 Å². The third kappa shape index (κ3) is 31.8. The predicted octanol–water partition coefficient (Wildman–Crippen LogP) is 10.2. The summed E-state index contributed by atoms with van der Waals surface area (Å²) in [5.41, 5.74) is 0.412. The van der Waals surface area contributed by atoms with E-state index >= 15 is 0 Å². The largest absolute Gasteiger partial charge is 0.469 e. The highest BCUT2D eigenvalue weighted by Crippen LogP contribution is 2.30. The van der Waals surface area contributed by atoms with Crippen LogP contribution in [0.3, 0.4) is 0 Å². The lowest BCUT2D eigenvalue weighted by Gasteiger charge is -2.42. The lowest BCUT2D eigenvalue weighted by Crippen LogP contribution is -2.60. The molecule has 0 spiro atoms. The molecule has 18 heteroatoms. The Kier molecular flexibility index (Phi) is 24.9. The second-order valence-corrected chi connectivity index (χ2v) is 47.2. The summed E-state index contributed by atoms with van der Waals surface area (Å²) in [6, 6.07) is 2.94.